The lowest BCUT2D eigenvalue weighted by molar-refractivity contribution is -0.116. The van der Waals surface area contributed by atoms with Gasteiger partial charge in [0.15, 0.2) is 10.9 Å². The second kappa shape index (κ2) is 5.23. The van der Waals surface area contributed by atoms with Crippen LogP contribution in [0.5, 0.6) is 0 Å². The minimum absolute atomic E-state index is 0.0361. The highest BCUT2D eigenvalue weighted by Gasteiger charge is 2.15. The maximum atomic E-state index is 11.7. The Morgan fingerprint density at radius 1 is 1.59 bits per heavy atom. The molecule has 5 heteroatoms. The van der Waals surface area contributed by atoms with Gasteiger partial charge >= 0.3 is 0 Å². The van der Waals surface area contributed by atoms with Crippen molar-refractivity contribution in [2.75, 3.05) is 5.32 Å². The number of rotatable bonds is 4. The highest BCUT2D eigenvalue weighted by molar-refractivity contribution is 7.14. The summed E-state index contributed by atoms with van der Waals surface area (Å²) in [5, 5.41) is 4.89. The van der Waals surface area contributed by atoms with E-state index >= 15 is 0 Å². The van der Waals surface area contributed by atoms with E-state index in [4.69, 9.17) is 0 Å². The van der Waals surface area contributed by atoms with Gasteiger partial charge in [-0.2, -0.15) is 0 Å². The summed E-state index contributed by atoms with van der Waals surface area (Å²) in [4.78, 5) is 26.8. The number of Topliss-reactive ketones (excluding diaryl/α,β-unsaturated/α-hetero) is 1. The van der Waals surface area contributed by atoms with E-state index in [0.29, 0.717) is 23.2 Å². The van der Waals surface area contributed by atoms with Crippen LogP contribution in [-0.2, 0) is 4.79 Å². The van der Waals surface area contributed by atoms with E-state index < -0.39 is 0 Å². The molecular formula is C12H14N2O2S. The van der Waals surface area contributed by atoms with Crippen LogP contribution in [0.25, 0.3) is 0 Å². The standard InChI is InChI=1S/C12H14N2O2S/c1-8(15)10-7-17-12(13-10)14-11(16)6-9-4-2-3-5-9/h2,4,7,9H,3,5-6H2,1H3,(H,13,14,16)/t9-/m0/s1. The van der Waals surface area contributed by atoms with Crippen molar-refractivity contribution in [3.63, 3.8) is 0 Å². The first-order valence-corrected chi connectivity index (χ1v) is 6.46. The molecule has 1 aromatic rings. The number of amides is 1. The molecule has 0 aromatic carbocycles. The van der Waals surface area contributed by atoms with Crippen LogP contribution in [0.15, 0.2) is 17.5 Å². The number of aromatic nitrogens is 1. The van der Waals surface area contributed by atoms with Crippen molar-refractivity contribution in [1.29, 1.82) is 0 Å². The molecule has 1 atom stereocenters. The van der Waals surface area contributed by atoms with E-state index in [2.05, 4.69) is 22.5 Å². The number of allylic oxidation sites excluding steroid dienone is 2. The van der Waals surface area contributed by atoms with Gasteiger partial charge in [-0.05, 0) is 18.8 Å². The molecule has 17 heavy (non-hydrogen) atoms. The molecule has 0 radical (unpaired) electrons. The molecule has 0 saturated carbocycles. The predicted octanol–water partition coefficient (Wildman–Crippen LogP) is 2.64. The Kier molecular flexibility index (Phi) is 3.68. The second-order valence-corrected chi connectivity index (χ2v) is 4.97. The predicted molar refractivity (Wildman–Crippen MR) is 67.2 cm³/mol. The lowest BCUT2D eigenvalue weighted by Gasteiger charge is -2.06. The molecule has 2 rings (SSSR count). The molecule has 1 heterocycles. The van der Waals surface area contributed by atoms with Gasteiger partial charge in [-0.25, -0.2) is 4.98 Å². The van der Waals surface area contributed by atoms with Crippen molar-refractivity contribution in [1.82, 2.24) is 4.98 Å². The van der Waals surface area contributed by atoms with E-state index in [1.807, 2.05) is 0 Å². The Hall–Kier alpha value is -1.49. The molecule has 1 aliphatic rings. The van der Waals surface area contributed by atoms with Gasteiger partial charge in [-0.15, -0.1) is 11.3 Å². The fourth-order valence-electron chi connectivity index (χ4n) is 1.77. The summed E-state index contributed by atoms with van der Waals surface area (Å²) in [6.07, 6.45) is 6.79. The Morgan fingerprint density at radius 3 is 3.00 bits per heavy atom. The summed E-state index contributed by atoms with van der Waals surface area (Å²) < 4.78 is 0. The summed E-state index contributed by atoms with van der Waals surface area (Å²) in [6, 6.07) is 0. The Labute approximate surface area is 104 Å². The van der Waals surface area contributed by atoms with Crippen LogP contribution in [0.4, 0.5) is 5.13 Å². The van der Waals surface area contributed by atoms with Crippen LogP contribution in [0, 0.1) is 5.92 Å². The molecule has 0 bridgehead atoms. The molecule has 4 nitrogen and oxygen atoms in total. The Morgan fingerprint density at radius 2 is 2.41 bits per heavy atom. The molecule has 0 aliphatic heterocycles. The molecule has 90 valence electrons. The number of thiazole rings is 1. The van der Waals surface area contributed by atoms with Crippen LogP contribution in [0.3, 0.4) is 0 Å². The molecule has 1 amide bonds. The van der Waals surface area contributed by atoms with Gasteiger partial charge in [0.25, 0.3) is 0 Å². The quantitative estimate of drug-likeness (QED) is 0.660. The van der Waals surface area contributed by atoms with Crippen molar-refractivity contribution < 1.29 is 9.59 Å². The third kappa shape index (κ3) is 3.23. The number of hydrogen-bond donors (Lipinski definition) is 1. The zero-order chi connectivity index (χ0) is 12.3. The molecule has 0 spiro atoms. The SMILES string of the molecule is CC(=O)c1csc(NC(=O)C[C@H]2C=CCC2)n1. The lowest BCUT2D eigenvalue weighted by atomic mass is 10.1. The van der Waals surface area contributed by atoms with Gasteiger partial charge in [-0.3, -0.25) is 9.59 Å². The number of carbonyl (C=O) groups excluding carboxylic acids is 2. The molecule has 0 fully saturated rings. The zero-order valence-electron chi connectivity index (χ0n) is 9.60. The monoisotopic (exact) mass is 250 g/mol. The molecule has 1 aromatic heterocycles. The van der Waals surface area contributed by atoms with Crippen molar-refractivity contribution in [3.8, 4) is 0 Å². The number of nitrogens with one attached hydrogen (secondary N) is 1. The second-order valence-electron chi connectivity index (χ2n) is 4.11. The highest BCUT2D eigenvalue weighted by atomic mass is 32.1. The van der Waals surface area contributed by atoms with Gasteiger partial charge in [-0.1, -0.05) is 12.2 Å². The number of ketones is 1. The first-order valence-electron chi connectivity index (χ1n) is 5.58. The Balaban J connectivity index is 1.88. The summed E-state index contributed by atoms with van der Waals surface area (Å²) >= 11 is 1.28. The number of hydrogen-bond acceptors (Lipinski definition) is 4. The van der Waals surface area contributed by atoms with E-state index in [9.17, 15) is 9.59 Å². The zero-order valence-corrected chi connectivity index (χ0v) is 10.4. The van der Waals surface area contributed by atoms with Gasteiger partial charge in [0.05, 0.1) is 0 Å². The largest absolute Gasteiger partial charge is 0.302 e. The van der Waals surface area contributed by atoms with Crippen LogP contribution >= 0.6 is 11.3 Å². The maximum Gasteiger partial charge on any atom is 0.226 e. The number of nitrogens with zero attached hydrogens (tertiary/aromatic N) is 1. The van der Waals surface area contributed by atoms with E-state index in [1.54, 1.807) is 5.38 Å². The van der Waals surface area contributed by atoms with Crippen LogP contribution in [-0.4, -0.2) is 16.7 Å². The Bertz CT molecular complexity index is 465. The van der Waals surface area contributed by atoms with Crippen LogP contribution in [0.1, 0.15) is 36.7 Å². The van der Waals surface area contributed by atoms with Crippen molar-refractivity contribution >= 4 is 28.2 Å². The molecular weight excluding hydrogens is 236 g/mol. The summed E-state index contributed by atoms with van der Waals surface area (Å²) in [6.45, 7) is 1.46. The van der Waals surface area contributed by atoms with Gasteiger partial charge in [0, 0.05) is 18.7 Å². The highest BCUT2D eigenvalue weighted by Crippen LogP contribution is 2.22. The molecule has 0 saturated heterocycles. The average molecular weight is 250 g/mol. The third-order valence-electron chi connectivity index (χ3n) is 2.67. The topological polar surface area (TPSA) is 59.1 Å². The van der Waals surface area contributed by atoms with E-state index in [-0.39, 0.29) is 11.7 Å². The first kappa shape index (κ1) is 12.0. The average Bonchev–Trinajstić information content (AvgIpc) is 2.88. The number of carbonyl (C=O) groups is 2. The molecule has 1 N–H and O–H groups in total. The minimum Gasteiger partial charge on any atom is -0.302 e. The van der Waals surface area contributed by atoms with Crippen LogP contribution in [0.2, 0.25) is 0 Å². The minimum atomic E-state index is -0.0829. The van der Waals surface area contributed by atoms with E-state index in [1.165, 1.54) is 18.3 Å². The van der Waals surface area contributed by atoms with Gasteiger partial charge in [0.1, 0.15) is 5.69 Å². The lowest BCUT2D eigenvalue weighted by Crippen LogP contribution is -2.14. The fraction of sp³-hybridized carbons (Fsp3) is 0.417. The van der Waals surface area contributed by atoms with Crippen molar-refractivity contribution in [3.05, 3.63) is 23.2 Å². The first-order chi connectivity index (χ1) is 8.15. The summed E-state index contributed by atoms with van der Waals surface area (Å²) in [5.41, 5.74) is 0.408. The van der Waals surface area contributed by atoms with Crippen LogP contribution < -0.4 is 5.32 Å². The third-order valence-corrected chi connectivity index (χ3v) is 3.43. The van der Waals surface area contributed by atoms with E-state index in [0.717, 1.165) is 12.8 Å². The molecule has 1 aliphatic carbocycles. The summed E-state index contributed by atoms with van der Waals surface area (Å²) in [5.74, 6) is 0.230. The van der Waals surface area contributed by atoms with Crippen molar-refractivity contribution in [2.45, 2.75) is 26.2 Å². The molecule has 0 unspecified atom stereocenters. The van der Waals surface area contributed by atoms with Crippen molar-refractivity contribution in [2.24, 2.45) is 5.92 Å². The van der Waals surface area contributed by atoms with Gasteiger partial charge in [0.2, 0.25) is 5.91 Å². The smallest absolute Gasteiger partial charge is 0.226 e. The fourth-order valence-corrected chi connectivity index (χ4v) is 2.53. The maximum absolute atomic E-state index is 11.7. The normalized spacial score (nSPS) is 18.3. The number of anilines is 1. The van der Waals surface area contributed by atoms with Gasteiger partial charge < -0.3 is 5.32 Å². The summed E-state index contributed by atoms with van der Waals surface area (Å²) in [7, 11) is 0.